The van der Waals surface area contributed by atoms with E-state index in [1.54, 1.807) is 0 Å². The van der Waals surface area contributed by atoms with Crippen molar-refractivity contribution in [1.82, 2.24) is 0 Å². The van der Waals surface area contributed by atoms with Gasteiger partial charge in [0.2, 0.25) is 0 Å². The van der Waals surface area contributed by atoms with Gasteiger partial charge >= 0.3 is 0 Å². The lowest BCUT2D eigenvalue weighted by Crippen LogP contribution is -2.39. The number of aliphatic hydroxyl groups is 2. The molecule has 4 heteroatoms. The highest BCUT2D eigenvalue weighted by atomic mass is 127. The van der Waals surface area contributed by atoms with Crippen molar-refractivity contribution in [1.29, 1.82) is 0 Å². The average Bonchev–Trinajstić information content (AvgIpc) is 2.17. The number of halogens is 1. The van der Waals surface area contributed by atoms with Crippen molar-refractivity contribution in [2.45, 2.75) is 45.3 Å². The Morgan fingerprint density at radius 2 is 2.00 bits per heavy atom. The fourth-order valence-electron chi connectivity index (χ4n) is 2.21. The first kappa shape index (κ1) is 12.4. The molecule has 1 rings (SSSR count). The Hall–Kier alpha value is 0.320. The van der Waals surface area contributed by atoms with Crippen molar-refractivity contribution in [2.24, 2.45) is 11.3 Å². The molecule has 82 valence electrons. The summed E-state index contributed by atoms with van der Waals surface area (Å²) in [6.45, 7) is 1.98. The molecule has 1 saturated carbocycles. The standard InChI is InChI=1S/C10H17IO3/c1-2-10(9(13)14)5-3-7(4-6-10)8(11)12/h7,9,13-14H,2-6H2,1H3/t7-,10-. The van der Waals surface area contributed by atoms with Crippen LogP contribution in [0, 0.1) is 11.3 Å². The van der Waals surface area contributed by atoms with E-state index in [-0.39, 0.29) is 15.1 Å². The van der Waals surface area contributed by atoms with E-state index in [0.29, 0.717) is 0 Å². The van der Waals surface area contributed by atoms with Crippen LogP contribution in [-0.4, -0.2) is 20.3 Å². The first-order valence-electron chi connectivity index (χ1n) is 5.07. The normalized spacial score (nSPS) is 33.4. The third-order valence-electron chi connectivity index (χ3n) is 3.55. The zero-order chi connectivity index (χ0) is 10.8. The maximum Gasteiger partial charge on any atom is 0.195 e. The smallest absolute Gasteiger partial charge is 0.195 e. The third kappa shape index (κ3) is 2.46. The van der Waals surface area contributed by atoms with E-state index in [9.17, 15) is 15.0 Å². The van der Waals surface area contributed by atoms with E-state index in [4.69, 9.17) is 0 Å². The summed E-state index contributed by atoms with van der Waals surface area (Å²) >= 11 is 1.84. The topological polar surface area (TPSA) is 57.5 Å². The van der Waals surface area contributed by atoms with Gasteiger partial charge in [-0.15, -0.1) is 0 Å². The minimum absolute atomic E-state index is 0.133. The predicted molar refractivity (Wildman–Crippen MR) is 61.9 cm³/mol. The molecule has 0 aromatic carbocycles. The van der Waals surface area contributed by atoms with E-state index in [1.807, 2.05) is 29.5 Å². The Bertz CT molecular complexity index is 207. The van der Waals surface area contributed by atoms with Crippen LogP contribution in [0.25, 0.3) is 0 Å². The molecule has 1 fully saturated rings. The number of hydrogen-bond acceptors (Lipinski definition) is 3. The molecule has 14 heavy (non-hydrogen) atoms. The van der Waals surface area contributed by atoms with Crippen molar-refractivity contribution in [3.05, 3.63) is 0 Å². The van der Waals surface area contributed by atoms with E-state index in [1.165, 1.54) is 0 Å². The van der Waals surface area contributed by atoms with Crippen molar-refractivity contribution in [3.8, 4) is 0 Å². The molecule has 0 amide bonds. The van der Waals surface area contributed by atoms with Crippen LogP contribution in [0.15, 0.2) is 0 Å². The van der Waals surface area contributed by atoms with Gasteiger partial charge in [0.25, 0.3) is 0 Å². The van der Waals surface area contributed by atoms with Gasteiger partial charge in [0.1, 0.15) is 0 Å². The largest absolute Gasteiger partial charge is 0.368 e. The number of carbonyl (C=O) groups is 1. The first-order chi connectivity index (χ1) is 6.52. The van der Waals surface area contributed by atoms with Crippen LogP contribution in [-0.2, 0) is 4.79 Å². The monoisotopic (exact) mass is 312 g/mol. The third-order valence-corrected chi connectivity index (χ3v) is 4.43. The Kier molecular flexibility index (Phi) is 4.33. The molecule has 2 N–H and O–H groups in total. The van der Waals surface area contributed by atoms with Gasteiger partial charge in [-0.3, -0.25) is 4.79 Å². The first-order valence-corrected chi connectivity index (χ1v) is 6.15. The SMILES string of the molecule is CC[C@]1(C(O)O)CC[C@H](C(=O)I)CC1. The molecule has 0 bridgehead atoms. The van der Waals surface area contributed by atoms with Gasteiger partial charge in [0.15, 0.2) is 10.1 Å². The molecule has 0 aromatic heterocycles. The molecule has 0 heterocycles. The van der Waals surface area contributed by atoms with Crippen LogP contribution in [0.1, 0.15) is 39.0 Å². The highest BCUT2D eigenvalue weighted by molar-refractivity contribution is 14.1. The Balaban J connectivity index is 2.59. The van der Waals surface area contributed by atoms with Gasteiger partial charge < -0.3 is 10.2 Å². The molecule has 1 aliphatic carbocycles. The van der Waals surface area contributed by atoms with Crippen LogP contribution in [0.5, 0.6) is 0 Å². The van der Waals surface area contributed by atoms with Crippen molar-refractivity contribution >= 4 is 26.4 Å². The Morgan fingerprint density at radius 1 is 1.50 bits per heavy atom. The van der Waals surface area contributed by atoms with Crippen molar-refractivity contribution in [3.63, 3.8) is 0 Å². The highest BCUT2D eigenvalue weighted by Gasteiger charge is 2.40. The molecule has 0 saturated heterocycles. The second-order valence-electron chi connectivity index (χ2n) is 4.17. The lowest BCUT2D eigenvalue weighted by molar-refractivity contribution is -0.155. The van der Waals surface area contributed by atoms with Crippen LogP contribution in [0.3, 0.4) is 0 Å². The highest BCUT2D eigenvalue weighted by Crippen LogP contribution is 2.44. The number of rotatable bonds is 3. The Morgan fingerprint density at radius 3 is 2.29 bits per heavy atom. The number of carbonyl (C=O) groups excluding carboxylic acids is 1. The van der Waals surface area contributed by atoms with E-state index < -0.39 is 6.29 Å². The van der Waals surface area contributed by atoms with Gasteiger partial charge in [-0.1, -0.05) is 6.92 Å². The molecule has 0 spiro atoms. The molecule has 3 nitrogen and oxygen atoms in total. The lowest BCUT2D eigenvalue weighted by Gasteiger charge is -2.40. The van der Waals surface area contributed by atoms with Gasteiger partial charge in [-0.05, 0) is 54.7 Å². The number of hydrogen-bond donors (Lipinski definition) is 2. The van der Waals surface area contributed by atoms with Gasteiger partial charge in [0, 0.05) is 11.3 Å². The van der Waals surface area contributed by atoms with Gasteiger partial charge in [-0.25, -0.2) is 0 Å². The molecule has 0 unspecified atom stereocenters. The summed E-state index contributed by atoms with van der Waals surface area (Å²) < 4.78 is 0.208. The lowest BCUT2D eigenvalue weighted by atomic mass is 9.69. The van der Waals surface area contributed by atoms with Crippen LogP contribution >= 0.6 is 22.6 Å². The van der Waals surface area contributed by atoms with E-state index >= 15 is 0 Å². The molecule has 0 radical (unpaired) electrons. The summed E-state index contributed by atoms with van der Waals surface area (Å²) in [6, 6.07) is 0. The molecular weight excluding hydrogens is 295 g/mol. The fraction of sp³-hybridized carbons (Fsp3) is 0.900. The molecule has 0 aromatic rings. The summed E-state index contributed by atoms with van der Waals surface area (Å²) in [4.78, 5) is 11.1. The van der Waals surface area contributed by atoms with E-state index in [2.05, 4.69) is 0 Å². The maximum absolute atomic E-state index is 11.1. The van der Waals surface area contributed by atoms with Crippen molar-refractivity contribution in [2.75, 3.05) is 0 Å². The fourth-order valence-corrected chi connectivity index (χ4v) is 2.84. The van der Waals surface area contributed by atoms with Crippen molar-refractivity contribution < 1.29 is 15.0 Å². The quantitative estimate of drug-likeness (QED) is 0.475. The second-order valence-corrected chi connectivity index (χ2v) is 5.23. The predicted octanol–water partition coefficient (Wildman–Crippen LogP) is 1.85. The minimum atomic E-state index is -1.24. The summed E-state index contributed by atoms with van der Waals surface area (Å²) in [6.07, 6.45) is 2.63. The molecule has 0 aliphatic heterocycles. The zero-order valence-corrected chi connectivity index (χ0v) is 10.5. The van der Waals surface area contributed by atoms with E-state index in [0.717, 1.165) is 32.1 Å². The summed E-state index contributed by atoms with van der Waals surface area (Å²) in [5.74, 6) is 0.133. The zero-order valence-electron chi connectivity index (χ0n) is 8.37. The maximum atomic E-state index is 11.1. The summed E-state index contributed by atoms with van der Waals surface area (Å²) in [7, 11) is 0. The van der Waals surface area contributed by atoms with Gasteiger partial charge in [-0.2, -0.15) is 0 Å². The molecular formula is C10H17IO3. The van der Waals surface area contributed by atoms with Crippen LogP contribution in [0.4, 0.5) is 0 Å². The molecule has 1 aliphatic rings. The molecule has 0 atom stereocenters. The van der Waals surface area contributed by atoms with Crippen LogP contribution in [0.2, 0.25) is 0 Å². The second kappa shape index (κ2) is 4.90. The Labute approximate surface area is 98.0 Å². The minimum Gasteiger partial charge on any atom is -0.368 e. The average molecular weight is 312 g/mol. The number of aliphatic hydroxyl groups excluding tert-OH is 1. The summed E-state index contributed by atoms with van der Waals surface area (Å²) in [5, 5.41) is 18.6. The van der Waals surface area contributed by atoms with Gasteiger partial charge in [0.05, 0.1) is 0 Å². The van der Waals surface area contributed by atoms with Crippen LogP contribution < -0.4 is 0 Å². The summed E-state index contributed by atoms with van der Waals surface area (Å²) in [5.41, 5.74) is -0.359.